The Morgan fingerprint density at radius 2 is 1.81 bits per heavy atom. The number of anilines is 1. The van der Waals surface area contributed by atoms with E-state index in [-0.39, 0.29) is 18.2 Å². The van der Waals surface area contributed by atoms with Crippen LogP contribution in [0, 0.1) is 5.92 Å². The van der Waals surface area contributed by atoms with Gasteiger partial charge in [0.25, 0.3) is 0 Å². The van der Waals surface area contributed by atoms with Crippen molar-refractivity contribution in [2.24, 2.45) is 5.92 Å². The van der Waals surface area contributed by atoms with Gasteiger partial charge in [0.2, 0.25) is 0 Å². The lowest BCUT2D eigenvalue weighted by Crippen LogP contribution is -2.60. The van der Waals surface area contributed by atoms with Crippen LogP contribution in [-0.2, 0) is 11.2 Å². The van der Waals surface area contributed by atoms with Gasteiger partial charge in [-0.15, -0.1) is 0 Å². The third kappa shape index (κ3) is 4.81. The largest absolute Gasteiger partial charge is 0.444 e. The van der Waals surface area contributed by atoms with E-state index in [1.807, 2.05) is 54.7 Å². The summed E-state index contributed by atoms with van der Waals surface area (Å²) in [7, 11) is 0. The van der Waals surface area contributed by atoms with Crippen LogP contribution in [0.15, 0.2) is 88.9 Å². The first kappa shape index (κ1) is 21.0. The number of para-hydroxylation sites is 1. The van der Waals surface area contributed by atoms with Gasteiger partial charge in [-0.25, -0.2) is 4.79 Å². The highest BCUT2D eigenvalue weighted by Gasteiger charge is 2.44. The molecule has 3 aliphatic heterocycles. The number of nitrogens with one attached hydrogen (secondary N) is 1. The number of pyridine rings is 1. The van der Waals surface area contributed by atoms with Crippen molar-refractivity contribution in [2.45, 2.75) is 41.2 Å². The van der Waals surface area contributed by atoms with Crippen molar-refractivity contribution >= 4 is 23.5 Å². The second kappa shape index (κ2) is 9.76. The van der Waals surface area contributed by atoms with Crippen LogP contribution in [0.4, 0.5) is 10.5 Å². The molecule has 5 nitrogen and oxygen atoms in total. The number of piperidine rings is 3. The Labute approximate surface area is 193 Å². The number of benzene rings is 2. The lowest BCUT2D eigenvalue weighted by atomic mass is 9.78. The highest BCUT2D eigenvalue weighted by molar-refractivity contribution is 7.99. The molecule has 3 aromatic rings. The fourth-order valence-electron chi connectivity index (χ4n) is 4.82. The number of amides is 1. The summed E-state index contributed by atoms with van der Waals surface area (Å²) < 4.78 is 6.10. The number of hydrogen-bond donors (Lipinski definition) is 1. The molecule has 0 spiro atoms. The SMILES string of the molecule is O=C(Nc1ccccc1Sc1ccccc1)OC1C2CCN(CC2)C1Cc1cccnc1. The van der Waals surface area contributed by atoms with E-state index in [1.54, 1.807) is 18.0 Å². The summed E-state index contributed by atoms with van der Waals surface area (Å²) in [5.41, 5.74) is 1.96. The van der Waals surface area contributed by atoms with E-state index in [1.165, 1.54) is 5.56 Å². The summed E-state index contributed by atoms with van der Waals surface area (Å²) in [6, 6.07) is 22.3. The molecule has 0 radical (unpaired) electrons. The molecule has 2 aromatic carbocycles. The molecule has 1 amide bonds. The summed E-state index contributed by atoms with van der Waals surface area (Å²) in [4.78, 5) is 21.8. The van der Waals surface area contributed by atoms with Crippen molar-refractivity contribution in [3.05, 3.63) is 84.7 Å². The van der Waals surface area contributed by atoms with Gasteiger partial charge in [-0.2, -0.15) is 0 Å². The Morgan fingerprint density at radius 3 is 2.59 bits per heavy atom. The van der Waals surface area contributed by atoms with Crippen LogP contribution in [0.2, 0.25) is 0 Å². The average Bonchev–Trinajstić information content (AvgIpc) is 2.84. The van der Waals surface area contributed by atoms with Crippen molar-refractivity contribution in [3.63, 3.8) is 0 Å². The Morgan fingerprint density at radius 1 is 1.03 bits per heavy atom. The minimum absolute atomic E-state index is 0.105. The fraction of sp³-hybridized carbons (Fsp3) is 0.308. The number of carbonyl (C=O) groups is 1. The summed E-state index contributed by atoms with van der Waals surface area (Å²) in [6.45, 7) is 2.15. The van der Waals surface area contributed by atoms with E-state index in [9.17, 15) is 4.79 Å². The Balaban J connectivity index is 1.29. The van der Waals surface area contributed by atoms with Gasteiger partial charge in [-0.05, 0) is 68.2 Å². The van der Waals surface area contributed by atoms with Crippen LogP contribution in [-0.4, -0.2) is 41.2 Å². The molecule has 3 fully saturated rings. The van der Waals surface area contributed by atoms with Gasteiger partial charge < -0.3 is 4.74 Å². The predicted octanol–water partition coefficient (Wildman–Crippen LogP) is 5.49. The molecule has 2 unspecified atom stereocenters. The number of nitrogens with zero attached hydrogens (tertiary/aromatic N) is 2. The first-order chi connectivity index (χ1) is 15.8. The van der Waals surface area contributed by atoms with Crippen molar-refractivity contribution < 1.29 is 9.53 Å². The Hall–Kier alpha value is -2.83. The Bertz CT molecular complexity index is 1040. The van der Waals surface area contributed by atoms with Crippen LogP contribution in [0.5, 0.6) is 0 Å². The van der Waals surface area contributed by atoms with Crippen molar-refractivity contribution in [1.82, 2.24) is 9.88 Å². The van der Waals surface area contributed by atoms with E-state index in [4.69, 9.17) is 4.74 Å². The van der Waals surface area contributed by atoms with Gasteiger partial charge in [0, 0.05) is 28.1 Å². The van der Waals surface area contributed by atoms with E-state index in [2.05, 4.69) is 33.4 Å². The lowest BCUT2D eigenvalue weighted by Gasteiger charge is -2.50. The molecule has 0 saturated carbocycles. The molecule has 164 valence electrons. The van der Waals surface area contributed by atoms with E-state index < -0.39 is 0 Å². The zero-order valence-corrected chi connectivity index (χ0v) is 18.7. The standard InChI is InChI=1S/C26H27N3O2S/c30-26(28-22-10-4-5-11-24(22)32-21-8-2-1-3-9-21)31-25-20-12-15-29(16-13-20)23(25)17-19-7-6-14-27-18-19/h1-11,14,18,20,23,25H,12-13,15-17H2,(H,28,30). The van der Waals surface area contributed by atoms with Gasteiger partial charge in [-0.1, -0.05) is 48.2 Å². The molecule has 2 atom stereocenters. The maximum atomic E-state index is 13.0. The summed E-state index contributed by atoms with van der Waals surface area (Å²) in [6.07, 6.45) is 6.25. The van der Waals surface area contributed by atoms with Crippen LogP contribution in [0.25, 0.3) is 0 Å². The maximum absolute atomic E-state index is 13.0. The van der Waals surface area contributed by atoms with Crippen molar-refractivity contribution in [1.29, 1.82) is 0 Å². The van der Waals surface area contributed by atoms with Crippen LogP contribution in [0.1, 0.15) is 18.4 Å². The molecule has 4 heterocycles. The second-order valence-electron chi connectivity index (χ2n) is 8.41. The molecule has 0 aliphatic carbocycles. The number of fused-ring (bicyclic) bond motifs is 3. The van der Waals surface area contributed by atoms with Crippen LogP contribution < -0.4 is 5.32 Å². The topological polar surface area (TPSA) is 54.5 Å². The van der Waals surface area contributed by atoms with E-state index in [0.29, 0.717) is 5.92 Å². The van der Waals surface area contributed by atoms with Crippen LogP contribution in [0.3, 0.4) is 0 Å². The average molecular weight is 446 g/mol. The minimum Gasteiger partial charge on any atom is -0.444 e. The molecular weight excluding hydrogens is 418 g/mol. The lowest BCUT2D eigenvalue weighted by molar-refractivity contribution is -0.0741. The van der Waals surface area contributed by atoms with Gasteiger partial charge in [0.05, 0.1) is 11.7 Å². The van der Waals surface area contributed by atoms with Gasteiger partial charge >= 0.3 is 6.09 Å². The smallest absolute Gasteiger partial charge is 0.411 e. The maximum Gasteiger partial charge on any atom is 0.411 e. The summed E-state index contributed by atoms with van der Waals surface area (Å²) >= 11 is 1.63. The predicted molar refractivity (Wildman–Crippen MR) is 127 cm³/mol. The molecule has 6 rings (SSSR count). The monoisotopic (exact) mass is 445 g/mol. The van der Waals surface area contributed by atoms with E-state index in [0.717, 1.165) is 47.8 Å². The number of aromatic nitrogens is 1. The highest BCUT2D eigenvalue weighted by atomic mass is 32.2. The highest BCUT2D eigenvalue weighted by Crippen LogP contribution is 2.37. The Kier molecular flexibility index (Phi) is 6.41. The third-order valence-corrected chi connectivity index (χ3v) is 7.48. The van der Waals surface area contributed by atoms with Gasteiger partial charge in [-0.3, -0.25) is 15.2 Å². The van der Waals surface area contributed by atoms with Crippen molar-refractivity contribution in [3.8, 4) is 0 Å². The molecule has 1 aromatic heterocycles. The molecule has 32 heavy (non-hydrogen) atoms. The first-order valence-corrected chi connectivity index (χ1v) is 12.0. The number of hydrogen-bond acceptors (Lipinski definition) is 5. The first-order valence-electron chi connectivity index (χ1n) is 11.2. The third-order valence-electron chi connectivity index (χ3n) is 6.39. The van der Waals surface area contributed by atoms with Gasteiger partial charge in [0.1, 0.15) is 6.10 Å². The van der Waals surface area contributed by atoms with Crippen molar-refractivity contribution in [2.75, 3.05) is 18.4 Å². The normalized spacial score (nSPS) is 24.1. The molecule has 6 heteroatoms. The molecule has 1 N–H and O–H groups in total. The molecule has 3 saturated heterocycles. The van der Waals surface area contributed by atoms with E-state index >= 15 is 0 Å². The zero-order valence-electron chi connectivity index (χ0n) is 17.9. The summed E-state index contributed by atoms with van der Waals surface area (Å²) in [5, 5.41) is 3.01. The minimum atomic E-state index is -0.374. The second-order valence-corrected chi connectivity index (χ2v) is 9.53. The number of carbonyl (C=O) groups excluding carboxylic acids is 1. The molecule has 3 aliphatic rings. The zero-order chi connectivity index (χ0) is 21.8. The quantitative estimate of drug-likeness (QED) is 0.544. The van der Waals surface area contributed by atoms with Crippen LogP contribution >= 0.6 is 11.8 Å². The summed E-state index contributed by atoms with van der Waals surface area (Å²) in [5.74, 6) is 0.418. The van der Waals surface area contributed by atoms with Gasteiger partial charge in [0.15, 0.2) is 0 Å². The molecule has 2 bridgehead atoms. The fourth-order valence-corrected chi connectivity index (χ4v) is 5.74. The number of ether oxygens (including phenoxy) is 1. The number of rotatable bonds is 6. The molecular formula is C26H27N3O2S.